The van der Waals surface area contributed by atoms with Crippen molar-refractivity contribution in [3.63, 3.8) is 0 Å². The van der Waals surface area contributed by atoms with Crippen molar-refractivity contribution in [3.8, 4) is 22.9 Å². The van der Waals surface area contributed by atoms with Gasteiger partial charge >= 0.3 is 0 Å². The van der Waals surface area contributed by atoms with Crippen molar-refractivity contribution in [3.05, 3.63) is 66.6 Å². The molecule has 3 rings (SSSR count). The molecule has 1 amide bonds. The number of amides is 1. The highest BCUT2D eigenvalue weighted by atomic mass is 32.2. The Morgan fingerprint density at radius 3 is 2.76 bits per heavy atom. The monoisotopic (exact) mass is 411 g/mol. The molecule has 0 spiro atoms. The van der Waals surface area contributed by atoms with Crippen LogP contribution in [0.3, 0.4) is 0 Å². The SMILES string of the molecule is C=CCSc1ccccc1C(=O)NCc1nc(-c2ccc(OC)c(OC)c2)no1. The second kappa shape index (κ2) is 9.79. The average Bonchev–Trinajstić information content (AvgIpc) is 3.24. The Morgan fingerprint density at radius 1 is 1.21 bits per heavy atom. The van der Waals surface area contributed by atoms with Crippen molar-refractivity contribution in [1.82, 2.24) is 15.5 Å². The number of carbonyl (C=O) groups is 1. The molecule has 29 heavy (non-hydrogen) atoms. The maximum absolute atomic E-state index is 12.6. The molecule has 0 aliphatic rings. The number of rotatable bonds is 9. The smallest absolute Gasteiger partial charge is 0.252 e. The second-order valence-electron chi connectivity index (χ2n) is 5.86. The minimum absolute atomic E-state index is 0.125. The molecule has 3 aromatic rings. The van der Waals surface area contributed by atoms with E-state index in [4.69, 9.17) is 14.0 Å². The lowest BCUT2D eigenvalue weighted by Gasteiger charge is -2.08. The van der Waals surface area contributed by atoms with Gasteiger partial charge in [0.2, 0.25) is 11.7 Å². The standard InChI is InChI=1S/C21H21N3O4S/c1-4-11-29-18-8-6-5-7-15(18)21(25)22-13-19-23-20(24-28-19)14-9-10-16(26-2)17(12-14)27-3/h4-10,12H,1,11,13H2,2-3H3,(H,22,25). The number of aromatic nitrogens is 2. The summed E-state index contributed by atoms with van der Waals surface area (Å²) in [6.07, 6.45) is 1.80. The van der Waals surface area contributed by atoms with Gasteiger partial charge in [-0.15, -0.1) is 18.3 Å². The largest absolute Gasteiger partial charge is 0.493 e. The summed E-state index contributed by atoms with van der Waals surface area (Å²) in [6, 6.07) is 12.8. The fourth-order valence-electron chi connectivity index (χ4n) is 2.60. The number of hydrogen-bond acceptors (Lipinski definition) is 7. The Hall–Kier alpha value is -3.26. The van der Waals surface area contributed by atoms with Crippen molar-refractivity contribution in [1.29, 1.82) is 0 Å². The molecule has 0 saturated heterocycles. The predicted molar refractivity (Wildman–Crippen MR) is 111 cm³/mol. The lowest BCUT2D eigenvalue weighted by molar-refractivity contribution is 0.0943. The fourth-order valence-corrected chi connectivity index (χ4v) is 3.39. The van der Waals surface area contributed by atoms with Gasteiger partial charge in [0.1, 0.15) is 0 Å². The van der Waals surface area contributed by atoms with Gasteiger partial charge in [-0.3, -0.25) is 4.79 Å². The first kappa shape index (κ1) is 20.5. The zero-order valence-electron chi connectivity index (χ0n) is 16.2. The molecule has 1 N–H and O–H groups in total. The van der Waals surface area contributed by atoms with Gasteiger partial charge in [-0.25, -0.2) is 0 Å². The van der Waals surface area contributed by atoms with Gasteiger partial charge in [0.25, 0.3) is 5.91 Å². The zero-order chi connectivity index (χ0) is 20.6. The molecule has 0 unspecified atom stereocenters. The molecular weight excluding hydrogens is 390 g/mol. The number of nitrogens with one attached hydrogen (secondary N) is 1. The van der Waals surface area contributed by atoms with Gasteiger partial charge in [0.05, 0.1) is 26.3 Å². The lowest BCUT2D eigenvalue weighted by atomic mass is 10.2. The van der Waals surface area contributed by atoms with Crippen LogP contribution in [-0.2, 0) is 6.54 Å². The molecule has 7 nitrogen and oxygen atoms in total. The first-order chi connectivity index (χ1) is 14.2. The Bertz CT molecular complexity index is 1000. The van der Waals surface area contributed by atoms with Crippen LogP contribution in [0.4, 0.5) is 0 Å². The maximum atomic E-state index is 12.6. The Kier molecular flexibility index (Phi) is 6.91. The highest BCUT2D eigenvalue weighted by Gasteiger charge is 2.15. The Balaban J connectivity index is 1.68. The third kappa shape index (κ3) is 4.97. The highest BCUT2D eigenvalue weighted by Crippen LogP contribution is 2.31. The topological polar surface area (TPSA) is 86.5 Å². The van der Waals surface area contributed by atoms with Crippen LogP contribution in [0.25, 0.3) is 11.4 Å². The molecule has 0 radical (unpaired) electrons. The van der Waals surface area contributed by atoms with E-state index in [1.165, 1.54) is 0 Å². The van der Waals surface area contributed by atoms with Crippen LogP contribution < -0.4 is 14.8 Å². The third-order valence-electron chi connectivity index (χ3n) is 4.00. The summed E-state index contributed by atoms with van der Waals surface area (Å²) in [6.45, 7) is 3.83. The summed E-state index contributed by atoms with van der Waals surface area (Å²) in [5.74, 6) is 2.40. The predicted octanol–water partition coefficient (Wildman–Crippen LogP) is 3.96. The van der Waals surface area contributed by atoms with Crippen molar-refractivity contribution in [2.24, 2.45) is 0 Å². The number of ether oxygens (including phenoxy) is 2. The van der Waals surface area contributed by atoms with E-state index in [0.29, 0.717) is 28.8 Å². The van der Waals surface area contributed by atoms with Gasteiger partial charge < -0.3 is 19.3 Å². The van der Waals surface area contributed by atoms with E-state index < -0.39 is 0 Å². The van der Waals surface area contributed by atoms with Crippen LogP contribution >= 0.6 is 11.8 Å². The van der Waals surface area contributed by atoms with E-state index in [-0.39, 0.29) is 12.5 Å². The van der Waals surface area contributed by atoms with Crippen molar-refractivity contribution in [2.75, 3.05) is 20.0 Å². The molecule has 2 aromatic carbocycles. The van der Waals surface area contributed by atoms with Crippen molar-refractivity contribution >= 4 is 17.7 Å². The molecule has 8 heteroatoms. The van der Waals surface area contributed by atoms with Crippen LogP contribution in [0.15, 0.2) is 64.5 Å². The highest BCUT2D eigenvalue weighted by molar-refractivity contribution is 7.99. The average molecular weight is 411 g/mol. The second-order valence-corrected chi connectivity index (χ2v) is 6.92. The molecule has 0 aliphatic heterocycles. The quantitative estimate of drug-likeness (QED) is 0.421. The Labute approximate surface area is 173 Å². The van der Waals surface area contributed by atoms with Crippen LogP contribution in [0.1, 0.15) is 16.2 Å². The summed E-state index contributed by atoms with van der Waals surface area (Å²) in [4.78, 5) is 17.8. The number of nitrogens with zero attached hydrogens (tertiary/aromatic N) is 2. The van der Waals surface area contributed by atoms with Gasteiger partial charge in [-0.1, -0.05) is 23.4 Å². The molecule has 0 atom stereocenters. The fraction of sp³-hybridized carbons (Fsp3) is 0.190. The van der Waals surface area contributed by atoms with Gasteiger partial charge in [0, 0.05) is 16.2 Å². The van der Waals surface area contributed by atoms with E-state index >= 15 is 0 Å². The van der Waals surface area contributed by atoms with E-state index in [2.05, 4.69) is 22.0 Å². The third-order valence-corrected chi connectivity index (χ3v) is 5.07. The maximum Gasteiger partial charge on any atom is 0.252 e. The molecule has 1 aromatic heterocycles. The van der Waals surface area contributed by atoms with E-state index in [1.807, 2.05) is 24.3 Å². The van der Waals surface area contributed by atoms with Crippen molar-refractivity contribution < 1.29 is 18.8 Å². The number of thioether (sulfide) groups is 1. The van der Waals surface area contributed by atoms with E-state index in [0.717, 1.165) is 16.2 Å². The van der Waals surface area contributed by atoms with Crippen LogP contribution in [0, 0.1) is 0 Å². The van der Waals surface area contributed by atoms with E-state index in [9.17, 15) is 4.79 Å². The van der Waals surface area contributed by atoms with Crippen LogP contribution in [0.2, 0.25) is 0 Å². The number of hydrogen-bond donors (Lipinski definition) is 1. The zero-order valence-corrected chi connectivity index (χ0v) is 17.0. The number of methoxy groups -OCH3 is 2. The molecule has 150 valence electrons. The summed E-state index contributed by atoms with van der Waals surface area (Å²) in [5, 5.41) is 6.80. The van der Waals surface area contributed by atoms with Crippen LogP contribution in [-0.4, -0.2) is 36.0 Å². The molecular formula is C21H21N3O4S. The van der Waals surface area contributed by atoms with E-state index in [1.54, 1.807) is 50.3 Å². The first-order valence-electron chi connectivity index (χ1n) is 8.82. The first-order valence-corrected chi connectivity index (χ1v) is 9.80. The van der Waals surface area contributed by atoms with Crippen molar-refractivity contribution in [2.45, 2.75) is 11.4 Å². The van der Waals surface area contributed by atoms with Gasteiger partial charge in [-0.2, -0.15) is 4.98 Å². The number of carbonyl (C=O) groups excluding carboxylic acids is 1. The normalized spacial score (nSPS) is 10.4. The van der Waals surface area contributed by atoms with Crippen LogP contribution in [0.5, 0.6) is 11.5 Å². The minimum Gasteiger partial charge on any atom is -0.493 e. The summed E-state index contributed by atoms with van der Waals surface area (Å²) < 4.78 is 15.8. The number of benzene rings is 2. The summed E-state index contributed by atoms with van der Waals surface area (Å²) >= 11 is 1.55. The van der Waals surface area contributed by atoms with Gasteiger partial charge in [0.15, 0.2) is 11.5 Å². The van der Waals surface area contributed by atoms with Gasteiger partial charge in [-0.05, 0) is 30.3 Å². The lowest BCUT2D eigenvalue weighted by Crippen LogP contribution is -2.23. The summed E-state index contributed by atoms with van der Waals surface area (Å²) in [5.41, 5.74) is 1.31. The molecule has 1 heterocycles. The Morgan fingerprint density at radius 2 is 2.00 bits per heavy atom. The molecule has 0 aliphatic carbocycles. The molecule has 0 fully saturated rings. The molecule has 0 saturated carbocycles. The minimum atomic E-state index is -0.206. The molecule has 0 bridgehead atoms. The summed E-state index contributed by atoms with van der Waals surface area (Å²) in [7, 11) is 3.13.